The molecule has 0 spiro atoms. The second kappa shape index (κ2) is 12.5. The Labute approximate surface area is 123 Å². The number of hydrogen-bond acceptors (Lipinski definition) is 5. The van der Waals surface area contributed by atoms with Crippen molar-refractivity contribution in [2.75, 3.05) is 59.9 Å². The van der Waals surface area contributed by atoms with Gasteiger partial charge in [-0.2, -0.15) is 0 Å². The van der Waals surface area contributed by atoms with Crippen molar-refractivity contribution >= 4 is 0 Å². The first-order valence-electron chi connectivity index (χ1n) is 7.80. The minimum absolute atomic E-state index is 0.612. The molecule has 0 radical (unpaired) electrons. The first kappa shape index (κ1) is 17.9. The van der Waals surface area contributed by atoms with Crippen molar-refractivity contribution in [2.45, 2.75) is 25.7 Å². The molecule has 2 unspecified atom stereocenters. The number of ether oxygens (including phenoxy) is 4. The van der Waals surface area contributed by atoms with Crippen molar-refractivity contribution in [3.8, 4) is 0 Å². The Kier molecular flexibility index (Phi) is 11.2. The highest BCUT2D eigenvalue weighted by Gasteiger charge is 2.23. The van der Waals surface area contributed by atoms with Crippen molar-refractivity contribution in [3.05, 3.63) is 0 Å². The molecular formula is C15H31NO4. The molecule has 0 aliphatic heterocycles. The number of methoxy groups -OCH3 is 1. The molecule has 0 aromatic rings. The van der Waals surface area contributed by atoms with Crippen molar-refractivity contribution in [1.29, 1.82) is 0 Å². The van der Waals surface area contributed by atoms with Gasteiger partial charge in [0.15, 0.2) is 0 Å². The van der Waals surface area contributed by atoms with Crippen LogP contribution >= 0.6 is 0 Å². The largest absolute Gasteiger partial charge is 0.382 e. The molecule has 2 atom stereocenters. The van der Waals surface area contributed by atoms with Gasteiger partial charge in [-0.15, -0.1) is 0 Å². The fraction of sp³-hybridized carbons (Fsp3) is 1.00. The molecule has 1 rings (SSSR count). The zero-order chi connectivity index (χ0) is 14.5. The lowest BCUT2D eigenvalue weighted by molar-refractivity contribution is -0.00805. The molecule has 1 aliphatic carbocycles. The molecular weight excluding hydrogens is 258 g/mol. The van der Waals surface area contributed by atoms with Gasteiger partial charge in [-0.05, 0) is 31.2 Å². The third-order valence-corrected chi connectivity index (χ3v) is 3.88. The maximum Gasteiger partial charge on any atom is 0.0701 e. The quantitative estimate of drug-likeness (QED) is 0.551. The Balaban J connectivity index is 1.86. The average molecular weight is 289 g/mol. The van der Waals surface area contributed by atoms with Gasteiger partial charge in [-0.1, -0.05) is 12.8 Å². The summed E-state index contributed by atoms with van der Waals surface area (Å²) in [6.45, 7) is 5.40. The normalized spacial score (nSPS) is 23.1. The minimum atomic E-state index is 0.612. The van der Waals surface area contributed by atoms with Gasteiger partial charge in [0.2, 0.25) is 0 Å². The van der Waals surface area contributed by atoms with Crippen LogP contribution in [0.4, 0.5) is 0 Å². The van der Waals surface area contributed by atoms with Gasteiger partial charge in [-0.25, -0.2) is 0 Å². The minimum Gasteiger partial charge on any atom is -0.382 e. The predicted octanol–water partition coefficient (Wildman–Crippen LogP) is 1.45. The Morgan fingerprint density at radius 2 is 1.35 bits per heavy atom. The first-order chi connectivity index (χ1) is 9.88. The smallest absolute Gasteiger partial charge is 0.0701 e. The van der Waals surface area contributed by atoms with Crippen LogP contribution in [0.25, 0.3) is 0 Å². The highest BCUT2D eigenvalue weighted by molar-refractivity contribution is 4.75. The molecule has 0 aromatic heterocycles. The van der Waals surface area contributed by atoms with E-state index >= 15 is 0 Å². The van der Waals surface area contributed by atoms with Gasteiger partial charge in [0.1, 0.15) is 0 Å². The van der Waals surface area contributed by atoms with E-state index in [1.54, 1.807) is 7.11 Å². The average Bonchev–Trinajstić information content (AvgIpc) is 2.49. The summed E-state index contributed by atoms with van der Waals surface area (Å²) in [6, 6.07) is 0. The molecule has 0 bridgehead atoms. The summed E-state index contributed by atoms with van der Waals surface area (Å²) in [4.78, 5) is 0. The highest BCUT2D eigenvalue weighted by Crippen LogP contribution is 2.29. The van der Waals surface area contributed by atoms with Gasteiger partial charge in [0.05, 0.1) is 39.6 Å². The molecule has 1 saturated carbocycles. The Hall–Kier alpha value is -0.200. The molecule has 0 saturated heterocycles. The fourth-order valence-corrected chi connectivity index (χ4v) is 2.63. The zero-order valence-corrected chi connectivity index (χ0v) is 12.9. The molecule has 2 N–H and O–H groups in total. The Morgan fingerprint density at radius 3 is 1.95 bits per heavy atom. The van der Waals surface area contributed by atoms with Crippen LogP contribution in [0.3, 0.4) is 0 Å². The van der Waals surface area contributed by atoms with Crippen LogP contribution in [0.15, 0.2) is 0 Å². The monoisotopic (exact) mass is 289 g/mol. The number of hydrogen-bond donors (Lipinski definition) is 1. The summed E-state index contributed by atoms with van der Waals surface area (Å²) in [5.74, 6) is 1.30. The number of nitrogens with two attached hydrogens (primary N) is 1. The van der Waals surface area contributed by atoms with Crippen molar-refractivity contribution in [3.63, 3.8) is 0 Å². The van der Waals surface area contributed by atoms with Crippen LogP contribution < -0.4 is 5.73 Å². The van der Waals surface area contributed by atoms with Gasteiger partial charge < -0.3 is 24.7 Å². The van der Waals surface area contributed by atoms with E-state index in [0.29, 0.717) is 51.5 Å². The summed E-state index contributed by atoms with van der Waals surface area (Å²) in [5, 5.41) is 0. The van der Waals surface area contributed by atoms with Crippen LogP contribution in [0.1, 0.15) is 25.7 Å². The van der Waals surface area contributed by atoms with Crippen LogP contribution in [-0.4, -0.2) is 59.9 Å². The molecule has 5 heteroatoms. The van der Waals surface area contributed by atoms with E-state index in [9.17, 15) is 0 Å². The van der Waals surface area contributed by atoms with E-state index in [1.165, 1.54) is 25.7 Å². The van der Waals surface area contributed by atoms with E-state index in [1.807, 2.05) is 0 Å². The maximum atomic E-state index is 5.81. The van der Waals surface area contributed by atoms with Crippen molar-refractivity contribution in [2.24, 2.45) is 17.6 Å². The fourth-order valence-electron chi connectivity index (χ4n) is 2.63. The summed E-state index contributed by atoms with van der Waals surface area (Å²) in [7, 11) is 1.67. The van der Waals surface area contributed by atoms with Gasteiger partial charge in [-0.3, -0.25) is 0 Å². The lowest BCUT2D eigenvalue weighted by Gasteiger charge is -2.30. The van der Waals surface area contributed by atoms with E-state index in [0.717, 1.165) is 13.2 Å². The summed E-state index contributed by atoms with van der Waals surface area (Å²) >= 11 is 0. The van der Waals surface area contributed by atoms with Gasteiger partial charge in [0, 0.05) is 13.7 Å². The molecule has 0 heterocycles. The second-order valence-corrected chi connectivity index (χ2v) is 5.33. The van der Waals surface area contributed by atoms with Crippen LogP contribution in [0.2, 0.25) is 0 Å². The molecule has 120 valence electrons. The first-order valence-corrected chi connectivity index (χ1v) is 7.80. The molecule has 1 aliphatic rings. The Bertz CT molecular complexity index is 216. The summed E-state index contributed by atoms with van der Waals surface area (Å²) < 4.78 is 21.3. The standard InChI is InChI=1S/C15H31NO4/c1-17-6-7-18-8-9-19-10-11-20-13-15-5-3-2-4-14(15)12-16/h14-15H,2-13,16H2,1H3. The SMILES string of the molecule is COCCOCCOCCOCC1CCCCC1CN. The third kappa shape index (κ3) is 8.17. The van der Waals surface area contributed by atoms with Crippen LogP contribution in [0.5, 0.6) is 0 Å². The molecule has 5 nitrogen and oxygen atoms in total. The van der Waals surface area contributed by atoms with E-state index < -0.39 is 0 Å². The topological polar surface area (TPSA) is 62.9 Å². The van der Waals surface area contributed by atoms with E-state index in [2.05, 4.69) is 0 Å². The maximum absolute atomic E-state index is 5.81. The van der Waals surface area contributed by atoms with Gasteiger partial charge in [0.25, 0.3) is 0 Å². The molecule has 20 heavy (non-hydrogen) atoms. The van der Waals surface area contributed by atoms with Gasteiger partial charge >= 0.3 is 0 Å². The predicted molar refractivity (Wildman–Crippen MR) is 78.8 cm³/mol. The van der Waals surface area contributed by atoms with Crippen molar-refractivity contribution in [1.82, 2.24) is 0 Å². The lowest BCUT2D eigenvalue weighted by atomic mass is 9.80. The van der Waals surface area contributed by atoms with Crippen LogP contribution in [-0.2, 0) is 18.9 Å². The summed E-state index contributed by atoms with van der Waals surface area (Å²) in [5.41, 5.74) is 5.81. The van der Waals surface area contributed by atoms with Crippen molar-refractivity contribution < 1.29 is 18.9 Å². The highest BCUT2D eigenvalue weighted by atomic mass is 16.6. The molecule has 0 amide bonds. The molecule has 0 aromatic carbocycles. The zero-order valence-electron chi connectivity index (χ0n) is 12.9. The lowest BCUT2D eigenvalue weighted by Crippen LogP contribution is -2.30. The second-order valence-electron chi connectivity index (χ2n) is 5.33. The van der Waals surface area contributed by atoms with E-state index in [4.69, 9.17) is 24.7 Å². The Morgan fingerprint density at radius 1 is 0.800 bits per heavy atom. The number of rotatable bonds is 12. The van der Waals surface area contributed by atoms with Crippen LogP contribution in [0, 0.1) is 11.8 Å². The third-order valence-electron chi connectivity index (χ3n) is 3.88. The van der Waals surface area contributed by atoms with E-state index in [-0.39, 0.29) is 0 Å². The summed E-state index contributed by atoms with van der Waals surface area (Å²) in [6.07, 6.45) is 5.17. The molecule has 1 fully saturated rings.